The Balaban J connectivity index is 1.70. The summed E-state index contributed by atoms with van der Waals surface area (Å²) in [5.74, 6) is -1.66. The zero-order chi connectivity index (χ0) is 27.8. The standard InChI is InChI=1S/C28H27Cl2FN2O5S/c29-20-6-4-18(5-7-20)23-2-1-3-24-26(23)27(35)33(15-22-9-8-21(30)14-32-22)28(24,38-17-31)25(16-34)19-10-12-39(36,37)13-11-19/h1-9,14,19,25,34H,10-13,15-17H2/t25?,28-/m0/s1. The van der Waals surface area contributed by atoms with Gasteiger partial charge in [-0.2, -0.15) is 0 Å². The van der Waals surface area contributed by atoms with Crippen LogP contribution < -0.4 is 0 Å². The molecule has 1 fully saturated rings. The van der Waals surface area contributed by atoms with Crippen molar-refractivity contribution in [2.45, 2.75) is 25.1 Å². The van der Waals surface area contributed by atoms with Gasteiger partial charge in [0.2, 0.25) is 0 Å². The van der Waals surface area contributed by atoms with Crippen molar-refractivity contribution in [2.75, 3.05) is 25.0 Å². The van der Waals surface area contributed by atoms with Crippen molar-refractivity contribution < 1.29 is 27.4 Å². The van der Waals surface area contributed by atoms with Gasteiger partial charge >= 0.3 is 0 Å². The average molecular weight is 594 g/mol. The molecule has 0 radical (unpaired) electrons. The van der Waals surface area contributed by atoms with Gasteiger partial charge in [-0.1, -0.05) is 53.5 Å². The predicted molar refractivity (Wildman–Crippen MR) is 147 cm³/mol. The van der Waals surface area contributed by atoms with Crippen molar-refractivity contribution in [3.05, 3.63) is 87.7 Å². The SMILES string of the molecule is O=C1c2c(-c3ccc(Cl)cc3)cccc2[C@](OCF)(C(CO)C2CCS(=O)(=O)CC2)N1Cc1ccc(Cl)cn1. The highest BCUT2D eigenvalue weighted by Gasteiger charge is 2.58. The monoisotopic (exact) mass is 592 g/mol. The molecule has 0 aliphatic carbocycles. The van der Waals surface area contributed by atoms with E-state index < -0.39 is 40.9 Å². The summed E-state index contributed by atoms with van der Waals surface area (Å²) >= 11 is 12.1. The zero-order valence-electron chi connectivity index (χ0n) is 20.9. The van der Waals surface area contributed by atoms with Crippen LogP contribution in [0.1, 0.15) is 34.5 Å². The van der Waals surface area contributed by atoms with Gasteiger partial charge in [0.05, 0.1) is 40.9 Å². The lowest BCUT2D eigenvalue weighted by Gasteiger charge is -2.46. The smallest absolute Gasteiger partial charge is 0.257 e. The largest absolute Gasteiger partial charge is 0.396 e. The van der Waals surface area contributed by atoms with E-state index in [4.69, 9.17) is 27.9 Å². The summed E-state index contributed by atoms with van der Waals surface area (Å²) in [4.78, 5) is 20.0. The van der Waals surface area contributed by atoms with Gasteiger partial charge in [0.25, 0.3) is 5.91 Å². The van der Waals surface area contributed by atoms with E-state index in [1.165, 1.54) is 11.1 Å². The summed E-state index contributed by atoms with van der Waals surface area (Å²) in [6.45, 7) is -1.73. The molecule has 1 aromatic heterocycles. The van der Waals surface area contributed by atoms with Crippen LogP contribution in [-0.2, 0) is 26.8 Å². The van der Waals surface area contributed by atoms with Gasteiger partial charge in [-0.25, -0.2) is 12.8 Å². The molecule has 1 unspecified atom stereocenters. The van der Waals surface area contributed by atoms with E-state index in [1.54, 1.807) is 54.6 Å². The molecule has 39 heavy (non-hydrogen) atoms. The number of hydrogen-bond donors (Lipinski definition) is 1. The van der Waals surface area contributed by atoms with Crippen LogP contribution in [0.4, 0.5) is 4.39 Å². The molecule has 0 bridgehead atoms. The number of carbonyl (C=O) groups excluding carboxylic acids is 1. The van der Waals surface area contributed by atoms with Crippen LogP contribution in [0.25, 0.3) is 11.1 Å². The van der Waals surface area contributed by atoms with Crippen molar-refractivity contribution in [3.63, 3.8) is 0 Å². The Morgan fingerprint density at radius 1 is 1.08 bits per heavy atom. The Bertz CT molecular complexity index is 1460. The number of carbonyl (C=O) groups is 1. The molecule has 11 heteroatoms. The second-order valence-corrected chi connectivity index (χ2v) is 13.0. The second-order valence-electron chi connectivity index (χ2n) is 9.82. The van der Waals surface area contributed by atoms with Crippen molar-refractivity contribution in [1.82, 2.24) is 9.88 Å². The lowest BCUT2D eigenvalue weighted by Crippen LogP contribution is -2.55. The number of aliphatic hydroxyl groups is 1. The Morgan fingerprint density at radius 3 is 2.38 bits per heavy atom. The van der Waals surface area contributed by atoms with Crippen molar-refractivity contribution in [1.29, 1.82) is 0 Å². The van der Waals surface area contributed by atoms with E-state index >= 15 is 0 Å². The number of benzene rings is 2. The fourth-order valence-electron chi connectivity index (χ4n) is 5.88. The van der Waals surface area contributed by atoms with Crippen LogP contribution in [0.2, 0.25) is 10.0 Å². The van der Waals surface area contributed by atoms with Gasteiger partial charge in [-0.15, -0.1) is 0 Å². The summed E-state index contributed by atoms with van der Waals surface area (Å²) in [6, 6.07) is 15.6. The van der Waals surface area contributed by atoms with Crippen LogP contribution in [0.3, 0.4) is 0 Å². The molecule has 3 heterocycles. The first kappa shape index (κ1) is 28.0. The van der Waals surface area contributed by atoms with Crippen LogP contribution in [0, 0.1) is 11.8 Å². The van der Waals surface area contributed by atoms with Crippen molar-refractivity contribution in [2.24, 2.45) is 11.8 Å². The molecule has 2 aromatic carbocycles. The molecule has 2 aliphatic heterocycles. The first-order valence-corrected chi connectivity index (χ1v) is 15.1. The molecular formula is C28H27Cl2FN2O5S. The van der Waals surface area contributed by atoms with Crippen LogP contribution in [0.5, 0.6) is 0 Å². The maximum atomic E-state index is 14.3. The number of ether oxygens (including phenoxy) is 1. The molecular weight excluding hydrogens is 566 g/mol. The lowest BCUT2D eigenvalue weighted by molar-refractivity contribution is -0.218. The second kappa shape index (κ2) is 11.1. The maximum Gasteiger partial charge on any atom is 0.257 e. The number of aromatic nitrogens is 1. The minimum Gasteiger partial charge on any atom is -0.396 e. The van der Waals surface area contributed by atoms with E-state index in [2.05, 4.69) is 4.98 Å². The predicted octanol–water partition coefficient (Wildman–Crippen LogP) is 5.24. The number of aliphatic hydroxyl groups excluding tert-OH is 1. The molecule has 2 aliphatic rings. The summed E-state index contributed by atoms with van der Waals surface area (Å²) in [5, 5.41) is 11.7. The highest BCUT2D eigenvalue weighted by molar-refractivity contribution is 7.91. The summed E-state index contributed by atoms with van der Waals surface area (Å²) in [6.07, 6.45) is 1.98. The Labute approximate surface area is 236 Å². The van der Waals surface area contributed by atoms with E-state index in [-0.39, 0.29) is 36.8 Å². The Morgan fingerprint density at radius 2 is 1.77 bits per heavy atom. The Hall–Kier alpha value is -2.56. The number of hydrogen-bond acceptors (Lipinski definition) is 6. The Kier molecular flexibility index (Phi) is 7.99. The average Bonchev–Trinajstić information content (AvgIpc) is 3.15. The molecule has 1 N–H and O–H groups in total. The molecule has 0 saturated carbocycles. The molecule has 7 nitrogen and oxygen atoms in total. The number of fused-ring (bicyclic) bond motifs is 1. The zero-order valence-corrected chi connectivity index (χ0v) is 23.2. The number of alkyl halides is 1. The number of pyridine rings is 1. The van der Waals surface area contributed by atoms with Crippen LogP contribution in [0.15, 0.2) is 60.8 Å². The van der Waals surface area contributed by atoms with Gasteiger partial charge in [0.15, 0.2) is 12.6 Å². The third-order valence-corrected chi connectivity index (χ3v) is 9.91. The number of amides is 1. The molecule has 1 amide bonds. The van der Waals surface area contributed by atoms with Gasteiger partial charge in [0.1, 0.15) is 9.84 Å². The topological polar surface area (TPSA) is 96.8 Å². The quantitative estimate of drug-likeness (QED) is 0.384. The molecule has 206 valence electrons. The van der Waals surface area contributed by atoms with Gasteiger partial charge in [0, 0.05) is 22.7 Å². The molecule has 2 atom stereocenters. The molecule has 1 saturated heterocycles. The van der Waals surface area contributed by atoms with Gasteiger partial charge in [-0.3, -0.25) is 14.7 Å². The van der Waals surface area contributed by atoms with E-state index in [9.17, 15) is 22.7 Å². The number of rotatable bonds is 8. The first-order chi connectivity index (χ1) is 18.7. The fourth-order valence-corrected chi connectivity index (χ4v) is 7.65. The van der Waals surface area contributed by atoms with E-state index in [0.29, 0.717) is 32.4 Å². The van der Waals surface area contributed by atoms with Gasteiger partial charge in [-0.05, 0) is 54.2 Å². The number of nitrogens with zero attached hydrogens (tertiary/aromatic N) is 2. The van der Waals surface area contributed by atoms with Crippen molar-refractivity contribution >= 4 is 38.9 Å². The third kappa shape index (κ3) is 5.18. The summed E-state index contributed by atoms with van der Waals surface area (Å²) in [5.41, 5.74) is 0.863. The highest BCUT2D eigenvalue weighted by atomic mass is 35.5. The molecule has 3 aromatic rings. The van der Waals surface area contributed by atoms with Gasteiger partial charge < -0.3 is 9.84 Å². The summed E-state index contributed by atoms with van der Waals surface area (Å²) < 4.78 is 44.7. The van der Waals surface area contributed by atoms with Crippen molar-refractivity contribution in [3.8, 4) is 11.1 Å². The van der Waals surface area contributed by atoms with Crippen LogP contribution >= 0.6 is 23.2 Å². The maximum absolute atomic E-state index is 14.3. The first-order valence-electron chi connectivity index (χ1n) is 12.5. The minimum atomic E-state index is -3.21. The minimum absolute atomic E-state index is 0.0493. The van der Waals surface area contributed by atoms with E-state index in [1.807, 2.05) is 0 Å². The third-order valence-electron chi connectivity index (χ3n) is 7.72. The number of sulfone groups is 1. The summed E-state index contributed by atoms with van der Waals surface area (Å²) in [7, 11) is -3.21. The fraction of sp³-hybridized carbons (Fsp3) is 0.357. The lowest BCUT2D eigenvalue weighted by atomic mass is 9.76. The normalized spacial score (nSPS) is 21.6. The van der Waals surface area contributed by atoms with Crippen LogP contribution in [-0.4, -0.2) is 54.3 Å². The number of halogens is 3. The highest BCUT2D eigenvalue weighted by Crippen LogP contribution is 2.52. The van der Waals surface area contributed by atoms with E-state index in [0.717, 1.165) is 5.56 Å². The molecule has 0 spiro atoms. The molecule has 5 rings (SSSR count).